The first-order valence-electron chi connectivity index (χ1n) is 6.54. The van der Waals surface area contributed by atoms with E-state index in [-0.39, 0.29) is 19.2 Å². The van der Waals surface area contributed by atoms with E-state index in [4.69, 9.17) is 4.74 Å². The largest absolute Gasteiger partial charge is 0.386 e. The molecule has 0 aliphatic carbocycles. The number of amides is 2. The molecular formula is C14H20N2O3. The van der Waals surface area contributed by atoms with Crippen LogP contribution in [-0.2, 0) is 11.2 Å². The number of hydrogen-bond donors (Lipinski definition) is 3. The van der Waals surface area contributed by atoms with Gasteiger partial charge in [0, 0.05) is 19.6 Å². The van der Waals surface area contributed by atoms with Crippen molar-refractivity contribution in [2.45, 2.75) is 18.4 Å². The first kappa shape index (κ1) is 13.8. The molecule has 0 bridgehead atoms. The average Bonchev–Trinajstić information content (AvgIpc) is 2.85. The van der Waals surface area contributed by atoms with Gasteiger partial charge < -0.3 is 20.5 Å². The van der Waals surface area contributed by atoms with Gasteiger partial charge in [-0.25, -0.2) is 4.79 Å². The fourth-order valence-corrected chi connectivity index (χ4v) is 2.01. The van der Waals surface area contributed by atoms with Crippen molar-refractivity contribution in [1.82, 2.24) is 10.6 Å². The number of benzene rings is 1. The summed E-state index contributed by atoms with van der Waals surface area (Å²) in [6.45, 7) is 1.64. The maximum absolute atomic E-state index is 11.6. The van der Waals surface area contributed by atoms with Crippen LogP contribution >= 0.6 is 0 Å². The Bertz CT molecular complexity index is 402. The molecule has 0 spiro atoms. The van der Waals surface area contributed by atoms with Crippen LogP contribution in [0.15, 0.2) is 30.3 Å². The van der Waals surface area contributed by atoms with Crippen LogP contribution < -0.4 is 10.6 Å². The van der Waals surface area contributed by atoms with E-state index < -0.39 is 5.60 Å². The zero-order chi connectivity index (χ0) is 13.6. The van der Waals surface area contributed by atoms with Crippen molar-refractivity contribution in [3.05, 3.63) is 35.9 Å². The van der Waals surface area contributed by atoms with Crippen LogP contribution in [0.25, 0.3) is 0 Å². The summed E-state index contributed by atoms with van der Waals surface area (Å²) in [5, 5.41) is 15.4. The third-order valence-electron chi connectivity index (χ3n) is 3.20. The molecule has 0 aromatic heterocycles. The number of nitrogens with one attached hydrogen (secondary N) is 2. The van der Waals surface area contributed by atoms with Crippen molar-refractivity contribution in [3.8, 4) is 0 Å². The highest BCUT2D eigenvalue weighted by molar-refractivity contribution is 5.73. The first-order chi connectivity index (χ1) is 9.18. The number of hydrogen-bond acceptors (Lipinski definition) is 3. The summed E-state index contributed by atoms with van der Waals surface area (Å²) in [5.41, 5.74) is 0.280. The molecule has 1 aliphatic rings. The second-order valence-corrected chi connectivity index (χ2v) is 4.87. The van der Waals surface area contributed by atoms with Crippen molar-refractivity contribution >= 4 is 6.03 Å². The molecule has 19 heavy (non-hydrogen) atoms. The maximum Gasteiger partial charge on any atom is 0.314 e. The van der Waals surface area contributed by atoms with Crippen LogP contribution in [0.1, 0.15) is 12.0 Å². The molecule has 1 saturated heterocycles. The number of rotatable bonds is 5. The summed E-state index contributed by atoms with van der Waals surface area (Å²) >= 11 is 0. The molecule has 5 heteroatoms. The average molecular weight is 264 g/mol. The molecule has 3 N–H and O–H groups in total. The lowest BCUT2D eigenvalue weighted by molar-refractivity contribution is 0.0292. The molecule has 0 unspecified atom stereocenters. The molecule has 1 heterocycles. The molecule has 2 amide bonds. The highest BCUT2D eigenvalue weighted by Gasteiger charge is 2.32. The standard InChI is InChI=1S/C14H20N2O3/c17-13(16-10-14(18)7-9-19-11-14)15-8-6-12-4-2-1-3-5-12/h1-5,18H,6-11H2,(H2,15,16,17)/t14-/m0/s1. The molecular weight excluding hydrogens is 244 g/mol. The molecule has 1 aromatic carbocycles. The van der Waals surface area contributed by atoms with Crippen LogP contribution in [0.5, 0.6) is 0 Å². The quantitative estimate of drug-likeness (QED) is 0.732. The van der Waals surface area contributed by atoms with E-state index in [1.807, 2.05) is 30.3 Å². The lowest BCUT2D eigenvalue weighted by Gasteiger charge is -2.20. The van der Waals surface area contributed by atoms with Crippen LogP contribution in [-0.4, -0.2) is 43.0 Å². The van der Waals surface area contributed by atoms with Crippen molar-refractivity contribution in [2.75, 3.05) is 26.3 Å². The van der Waals surface area contributed by atoms with Gasteiger partial charge in [0.25, 0.3) is 0 Å². The summed E-state index contributed by atoms with van der Waals surface area (Å²) in [7, 11) is 0. The van der Waals surface area contributed by atoms with E-state index in [0.717, 1.165) is 6.42 Å². The Morgan fingerprint density at radius 2 is 2.11 bits per heavy atom. The fourth-order valence-electron chi connectivity index (χ4n) is 2.01. The third-order valence-corrected chi connectivity index (χ3v) is 3.20. The summed E-state index contributed by atoms with van der Waals surface area (Å²) in [6, 6.07) is 9.72. The number of aliphatic hydroxyl groups is 1. The minimum atomic E-state index is -0.906. The van der Waals surface area contributed by atoms with Gasteiger partial charge in [-0.1, -0.05) is 30.3 Å². The normalized spacial score (nSPS) is 22.2. The lowest BCUT2D eigenvalue weighted by Crippen LogP contribution is -2.47. The van der Waals surface area contributed by atoms with Gasteiger partial charge >= 0.3 is 6.03 Å². The predicted molar refractivity (Wildman–Crippen MR) is 71.9 cm³/mol. The molecule has 1 atom stereocenters. The van der Waals surface area contributed by atoms with E-state index >= 15 is 0 Å². The predicted octanol–water partition coefficient (Wildman–Crippen LogP) is 0.680. The SMILES string of the molecule is O=C(NCCc1ccccc1)NC[C@@]1(O)CCOC1. The van der Waals surface area contributed by atoms with Crippen LogP contribution in [0, 0.1) is 0 Å². The molecule has 2 rings (SSSR count). The van der Waals surface area contributed by atoms with Crippen LogP contribution in [0.4, 0.5) is 4.79 Å². The summed E-state index contributed by atoms with van der Waals surface area (Å²) < 4.78 is 5.11. The first-order valence-corrected chi connectivity index (χ1v) is 6.54. The van der Waals surface area contributed by atoms with E-state index in [9.17, 15) is 9.90 Å². The van der Waals surface area contributed by atoms with Crippen molar-refractivity contribution in [2.24, 2.45) is 0 Å². The van der Waals surface area contributed by atoms with Gasteiger partial charge in [-0.2, -0.15) is 0 Å². The minimum absolute atomic E-state index is 0.226. The van der Waals surface area contributed by atoms with Crippen LogP contribution in [0.2, 0.25) is 0 Å². The Balaban J connectivity index is 1.62. The summed E-state index contributed by atoms with van der Waals surface area (Å²) in [5.74, 6) is 0. The minimum Gasteiger partial charge on any atom is -0.386 e. The Kier molecular flexibility index (Phi) is 4.76. The van der Waals surface area contributed by atoms with E-state index in [2.05, 4.69) is 10.6 Å². The fraction of sp³-hybridized carbons (Fsp3) is 0.500. The highest BCUT2D eigenvalue weighted by Crippen LogP contribution is 2.16. The Morgan fingerprint density at radius 1 is 1.32 bits per heavy atom. The molecule has 5 nitrogen and oxygen atoms in total. The van der Waals surface area contributed by atoms with Crippen LogP contribution in [0.3, 0.4) is 0 Å². The smallest absolute Gasteiger partial charge is 0.314 e. The molecule has 1 aliphatic heterocycles. The molecule has 0 saturated carbocycles. The monoisotopic (exact) mass is 264 g/mol. The van der Waals surface area contributed by atoms with Gasteiger partial charge in [0.05, 0.1) is 13.2 Å². The zero-order valence-electron chi connectivity index (χ0n) is 10.9. The van der Waals surface area contributed by atoms with E-state index in [1.54, 1.807) is 0 Å². The number of carbonyl (C=O) groups is 1. The Labute approximate surface area is 113 Å². The van der Waals surface area contributed by atoms with Gasteiger partial charge in [0.1, 0.15) is 5.60 Å². The second kappa shape index (κ2) is 6.54. The molecule has 104 valence electrons. The number of ether oxygens (including phenoxy) is 1. The van der Waals surface area contributed by atoms with Crippen molar-refractivity contribution < 1.29 is 14.6 Å². The van der Waals surface area contributed by atoms with E-state index in [1.165, 1.54) is 5.56 Å². The molecule has 1 fully saturated rings. The Morgan fingerprint density at radius 3 is 2.79 bits per heavy atom. The molecule has 1 aromatic rings. The van der Waals surface area contributed by atoms with Gasteiger partial charge in [0.15, 0.2) is 0 Å². The van der Waals surface area contributed by atoms with Gasteiger partial charge in [0.2, 0.25) is 0 Å². The summed E-state index contributed by atoms with van der Waals surface area (Å²) in [4.78, 5) is 11.6. The number of urea groups is 1. The lowest BCUT2D eigenvalue weighted by atomic mass is 10.0. The van der Waals surface area contributed by atoms with Gasteiger partial charge in [-0.3, -0.25) is 0 Å². The number of carbonyl (C=O) groups excluding carboxylic acids is 1. The zero-order valence-corrected chi connectivity index (χ0v) is 10.9. The van der Waals surface area contributed by atoms with Gasteiger partial charge in [-0.05, 0) is 12.0 Å². The second-order valence-electron chi connectivity index (χ2n) is 4.87. The van der Waals surface area contributed by atoms with E-state index in [0.29, 0.717) is 19.6 Å². The topological polar surface area (TPSA) is 70.6 Å². The van der Waals surface area contributed by atoms with Gasteiger partial charge in [-0.15, -0.1) is 0 Å². The summed E-state index contributed by atoms with van der Waals surface area (Å²) in [6.07, 6.45) is 1.36. The third kappa shape index (κ3) is 4.54. The maximum atomic E-state index is 11.6. The Hall–Kier alpha value is -1.59. The van der Waals surface area contributed by atoms with Crippen molar-refractivity contribution in [1.29, 1.82) is 0 Å². The van der Waals surface area contributed by atoms with Crippen molar-refractivity contribution in [3.63, 3.8) is 0 Å². The molecule has 0 radical (unpaired) electrons. The highest BCUT2D eigenvalue weighted by atomic mass is 16.5.